The third-order valence-electron chi connectivity index (χ3n) is 2.25. The minimum absolute atomic E-state index is 0.165. The molecule has 3 N–H and O–H groups in total. The van der Waals surface area contributed by atoms with Crippen molar-refractivity contribution in [2.45, 2.75) is 6.61 Å². The molecule has 7 heteroatoms. The van der Waals surface area contributed by atoms with Crippen LogP contribution in [-0.4, -0.2) is 15.9 Å². The summed E-state index contributed by atoms with van der Waals surface area (Å²) in [4.78, 5) is 42.7. The van der Waals surface area contributed by atoms with E-state index >= 15 is 0 Å². The molecule has 0 atom stereocenters. The van der Waals surface area contributed by atoms with Crippen LogP contribution in [0, 0.1) is 0 Å². The van der Waals surface area contributed by atoms with Crippen molar-refractivity contribution < 1.29 is 9.63 Å². The van der Waals surface area contributed by atoms with Crippen molar-refractivity contribution in [2.24, 2.45) is 0 Å². The van der Waals surface area contributed by atoms with Crippen molar-refractivity contribution in [3.05, 3.63) is 68.5 Å². The Bertz CT molecular complexity index is 647. The molecule has 2 aromatic rings. The lowest BCUT2D eigenvalue weighted by atomic mass is 10.2. The first kappa shape index (κ1) is 12.8. The fraction of sp³-hybridized carbons (Fsp3) is 0.0833. The molecule has 1 heterocycles. The van der Waals surface area contributed by atoms with Gasteiger partial charge in [-0.05, 0) is 5.56 Å². The van der Waals surface area contributed by atoms with Crippen LogP contribution in [-0.2, 0) is 11.4 Å². The number of aromatic nitrogens is 2. The minimum Gasteiger partial charge on any atom is -0.303 e. The average molecular weight is 261 g/mol. The van der Waals surface area contributed by atoms with Crippen LogP contribution in [0.3, 0.4) is 0 Å². The molecular formula is C12H11N3O4. The highest BCUT2D eigenvalue weighted by atomic mass is 16.6. The van der Waals surface area contributed by atoms with E-state index in [1.807, 2.05) is 35.3 Å². The monoisotopic (exact) mass is 261 g/mol. The molecule has 19 heavy (non-hydrogen) atoms. The van der Waals surface area contributed by atoms with Crippen molar-refractivity contribution in [1.82, 2.24) is 15.4 Å². The highest BCUT2D eigenvalue weighted by Crippen LogP contribution is 1.99. The maximum atomic E-state index is 11.6. The molecule has 0 bridgehead atoms. The van der Waals surface area contributed by atoms with E-state index in [4.69, 9.17) is 4.84 Å². The molecule has 1 aromatic heterocycles. The molecule has 0 saturated heterocycles. The second-order valence-electron chi connectivity index (χ2n) is 3.71. The van der Waals surface area contributed by atoms with Gasteiger partial charge in [0.05, 0.1) is 6.61 Å². The Balaban J connectivity index is 1.95. The van der Waals surface area contributed by atoms with Crippen molar-refractivity contribution in [1.29, 1.82) is 0 Å². The Morgan fingerprint density at radius 3 is 2.58 bits per heavy atom. The number of benzene rings is 1. The Morgan fingerprint density at radius 2 is 1.89 bits per heavy atom. The molecule has 0 spiro atoms. The van der Waals surface area contributed by atoms with Gasteiger partial charge in [-0.25, -0.2) is 10.3 Å². The lowest BCUT2D eigenvalue weighted by Crippen LogP contribution is -2.30. The van der Waals surface area contributed by atoms with Crippen molar-refractivity contribution in [2.75, 3.05) is 0 Å². The van der Waals surface area contributed by atoms with Crippen LogP contribution < -0.4 is 16.7 Å². The molecule has 0 radical (unpaired) electrons. The largest absolute Gasteiger partial charge is 0.326 e. The smallest absolute Gasteiger partial charge is 0.303 e. The molecule has 0 aliphatic rings. The van der Waals surface area contributed by atoms with E-state index in [-0.39, 0.29) is 12.3 Å². The summed E-state index contributed by atoms with van der Waals surface area (Å²) in [6.45, 7) is 0.181. The first-order chi connectivity index (χ1) is 9.15. The van der Waals surface area contributed by atoms with Crippen LogP contribution in [0.4, 0.5) is 0 Å². The third-order valence-corrected chi connectivity index (χ3v) is 2.25. The van der Waals surface area contributed by atoms with Gasteiger partial charge in [0.25, 0.3) is 11.5 Å². The highest BCUT2D eigenvalue weighted by molar-refractivity contribution is 5.91. The first-order valence-electron chi connectivity index (χ1n) is 5.45. The van der Waals surface area contributed by atoms with Crippen molar-refractivity contribution in [3.63, 3.8) is 0 Å². The molecule has 0 fully saturated rings. The standard InChI is InChI=1S/C12H11N3O4/c16-10-6-9(13-12(18)14-10)11(17)15-19-7-8-4-2-1-3-5-8/h1-6H,7H2,(H,15,17)(H2,13,14,16,18). The molecular weight excluding hydrogens is 250 g/mol. The second kappa shape index (κ2) is 5.78. The number of carbonyl (C=O) groups excluding carboxylic acids is 1. The zero-order chi connectivity index (χ0) is 13.7. The van der Waals surface area contributed by atoms with Crippen LogP contribution in [0.25, 0.3) is 0 Å². The van der Waals surface area contributed by atoms with Crippen molar-refractivity contribution >= 4 is 5.91 Å². The Kier molecular flexibility index (Phi) is 3.89. The Morgan fingerprint density at radius 1 is 1.16 bits per heavy atom. The molecule has 0 saturated carbocycles. The summed E-state index contributed by atoms with van der Waals surface area (Å²) in [7, 11) is 0. The van der Waals surface area contributed by atoms with Gasteiger partial charge in [0, 0.05) is 6.07 Å². The number of nitrogens with one attached hydrogen (secondary N) is 3. The van der Waals surface area contributed by atoms with Crippen LogP contribution in [0.15, 0.2) is 46.0 Å². The average Bonchev–Trinajstić information content (AvgIpc) is 2.38. The number of hydrogen-bond donors (Lipinski definition) is 3. The van der Waals surface area contributed by atoms with E-state index < -0.39 is 17.2 Å². The number of hydrogen-bond acceptors (Lipinski definition) is 4. The molecule has 2 rings (SSSR count). The number of amides is 1. The summed E-state index contributed by atoms with van der Waals surface area (Å²) in [5.74, 6) is -0.695. The molecule has 1 aromatic carbocycles. The van der Waals surface area contributed by atoms with Gasteiger partial charge in [0.15, 0.2) is 0 Å². The Hall–Kier alpha value is -2.67. The van der Waals surface area contributed by atoms with E-state index in [1.165, 1.54) is 0 Å². The summed E-state index contributed by atoms with van der Waals surface area (Å²) < 4.78 is 0. The van der Waals surface area contributed by atoms with Gasteiger partial charge < -0.3 is 4.98 Å². The number of rotatable bonds is 4. The van der Waals surface area contributed by atoms with Gasteiger partial charge in [-0.2, -0.15) is 0 Å². The fourth-order valence-corrected chi connectivity index (χ4v) is 1.41. The summed E-state index contributed by atoms with van der Waals surface area (Å²) >= 11 is 0. The second-order valence-corrected chi connectivity index (χ2v) is 3.71. The fourth-order valence-electron chi connectivity index (χ4n) is 1.41. The predicted octanol–water partition coefficient (Wildman–Crippen LogP) is -0.0752. The molecule has 0 aliphatic carbocycles. The Labute approximate surface area is 107 Å². The van der Waals surface area contributed by atoms with Gasteiger partial charge in [-0.1, -0.05) is 30.3 Å². The zero-order valence-electron chi connectivity index (χ0n) is 9.80. The highest BCUT2D eigenvalue weighted by Gasteiger charge is 2.07. The van der Waals surface area contributed by atoms with Crippen LogP contribution in [0.1, 0.15) is 16.1 Å². The van der Waals surface area contributed by atoms with Gasteiger partial charge in [-0.3, -0.25) is 19.4 Å². The van der Waals surface area contributed by atoms with Gasteiger partial charge in [0.2, 0.25) is 0 Å². The van der Waals surface area contributed by atoms with Gasteiger partial charge >= 0.3 is 5.69 Å². The quantitative estimate of drug-likeness (QED) is 0.670. The summed E-state index contributed by atoms with van der Waals surface area (Å²) in [5, 5.41) is 0. The van der Waals surface area contributed by atoms with Crippen LogP contribution >= 0.6 is 0 Å². The molecule has 7 nitrogen and oxygen atoms in total. The normalized spacial score (nSPS) is 10.1. The van der Waals surface area contributed by atoms with E-state index in [1.54, 1.807) is 0 Å². The van der Waals surface area contributed by atoms with Crippen LogP contribution in [0.5, 0.6) is 0 Å². The predicted molar refractivity (Wildman–Crippen MR) is 66.4 cm³/mol. The molecule has 0 aliphatic heterocycles. The molecule has 1 amide bonds. The zero-order valence-corrected chi connectivity index (χ0v) is 9.80. The maximum Gasteiger partial charge on any atom is 0.326 e. The third kappa shape index (κ3) is 3.65. The lowest BCUT2D eigenvalue weighted by molar-refractivity contribution is 0.0229. The minimum atomic E-state index is -0.749. The number of H-pyrrole nitrogens is 2. The lowest BCUT2D eigenvalue weighted by Gasteiger charge is -2.05. The van der Waals surface area contributed by atoms with E-state index in [2.05, 4.69) is 10.5 Å². The summed E-state index contributed by atoms with van der Waals surface area (Å²) in [5.41, 5.74) is 1.45. The SMILES string of the molecule is O=C(NOCc1ccccc1)c1cc(=O)[nH]c(=O)[nH]1. The molecule has 98 valence electrons. The topological polar surface area (TPSA) is 104 Å². The van der Waals surface area contributed by atoms with E-state index in [9.17, 15) is 14.4 Å². The maximum absolute atomic E-state index is 11.6. The molecule has 0 unspecified atom stereocenters. The number of hydroxylamine groups is 1. The van der Waals surface area contributed by atoms with Gasteiger partial charge in [0.1, 0.15) is 5.69 Å². The number of aromatic amines is 2. The summed E-state index contributed by atoms with van der Waals surface area (Å²) in [6.07, 6.45) is 0. The van der Waals surface area contributed by atoms with E-state index in [0.29, 0.717) is 0 Å². The number of carbonyl (C=O) groups is 1. The van der Waals surface area contributed by atoms with E-state index in [0.717, 1.165) is 11.6 Å². The summed E-state index contributed by atoms with van der Waals surface area (Å²) in [6, 6.07) is 10.2. The first-order valence-corrected chi connectivity index (χ1v) is 5.45. The van der Waals surface area contributed by atoms with Crippen molar-refractivity contribution in [3.8, 4) is 0 Å². The van der Waals surface area contributed by atoms with Gasteiger partial charge in [-0.15, -0.1) is 0 Å². The van der Waals surface area contributed by atoms with Crippen LogP contribution in [0.2, 0.25) is 0 Å².